The number of nitrogens with one attached hydrogen (secondary N) is 1. The molecule has 28 heavy (non-hydrogen) atoms. The van der Waals surface area contributed by atoms with Crippen LogP contribution in [0.15, 0.2) is 36.5 Å². The molecule has 0 unspecified atom stereocenters. The molecule has 8 heteroatoms. The van der Waals surface area contributed by atoms with Gasteiger partial charge in [0.1, 0.15) is 5.75 Å². The molecule has 0 bridgehead atoms. The zero-order chi connectivity index (χ0) is 20.4. The van der Waals surface area contributed by atoms with Gasteiger partial charge in [0.05, 0.1) is 17.7 Å². The highest BCUT2D eigenvalue weighted by Crippen LogP contribution is 2.45. The topological polar surface area (TPSA) is 51.2 Å². The number of nitrogens with zero attached hydrogens (tertiary/aromatic N) is 1. The van der Waals surface area contributed by atoms with Gasteiger partial charge in [0.25, 0.3) is 5.91 Å². The molecule has 0 aliphatic heterocycles. The molecular weight excluding hydrogens is 393 g/mol. The van der Waals surface area contributed by atoms with Crippen molar-refractivity contribution in [2.24, 2.45) is 0 Å². The van der Waals surface area contributed by atoms with Crippen LogP contribution in [-0.4, -0.2) is 30.5 Å². The molecule has 1 heterocycles. The van der Waals surface area contributed by atoms with Crippen LogP contribution in [0.5, 0.6) is 5.75 Å². The molecule has 4 nitrogen and oxygen atoms in total. The minimum Gasteiger partial charge on any atom is -0.497 e. The Hall–Kier alpha value is -2.28. The summed E-state index contributed by atoms with van der Waals surface area (Å²) in [6, 6.07) is 7.43. The number of aromatic nitrogens is 1. The lowest BCUT2D eigenvalue weighted by Crippen LogP contribution is -2.45. The fourth-order valence-corrected chi connectivity index (χ4v) is 3.70. The molecule has 1 amide bonds. The summed E-state index contributed by atoms with van der Waals surface area (Å²) >= 11 is 6.11. The first kappa shape index (κ1) is 20.5. The fourth-order valence-electron chi connectivity index (χ4n) is 3.50. The normalized spacial score (nSPS) is 17.8. The molecule has 3 rings (SSSR count). The molecule has 2 aromatic rings. The molecule has 1 aromatic carbocycles. The Labute approximate surface area is 166 Å². The largest absolute Gasteiger partial charge is 0.497 e. The van der Waals surface area contributed by atoms with Crippen molar-refractivity contribution in [1.82, 2.24) is 10.3 Å². The van der Waals surface area contributed by atoms with Crippen molar-refractivity contribution in [1.29, 1.82) is 0 Å². The maximum atomic E-state index is 13.7. The first-order valence-electron chi connectivity index (χ1n) is 8.86. The number of rotatable bonds is 5. The summed E-state index contributed by atoms with van der Waals surface area (Å²) in [5.74, 6) is -3.34. The third kappa shape index (κ3) is 4.41. The number of pyridine rings is 1. The molecule has 1 fully saturated rings. The highest BCUT2D eigenvalue weighted by Gasteiger charge is 2.44. The van der Waals surface area contributed by atoms with Crippen LogP contribution in [0.1, 0.15) is 41.6 Å². The predicted octanol–water partition coefficient (Wildman–Crippen LogP) is 4.76. The van der Waals surface area contributed by atoms with Gasteiger partial charge in [-0.1, -0.05) is 17.7 Å². The lowest BCUT2D eigenvalue weighted by atomic mass is 9.68. The van der Waals surface area contributed by atoms with Crippen molar-refractivity contribution in [3.05, 3.63) is 58.6 Å². The van der Waals surface area contributed by atoms with Crippen LogP contribution < -0.4 is 10.1 Å². The Bertz CT molecular complexity index is 849. The van der Waals surface area contributed by atoms with Crippen molar-refractivity contribution >= 4 is 17.5 Å². The third-order valence-corrected chi connectivity index (χ3v) is 5.61. The number of amides is 1. The zero-order valence-electron chi connectivity index (χ0n) is 15.3. The number of hydrogen-bond donors (Lipinski definition) is 1. The second kappa shape index (κ2) is 7.99. The minimum atomic E-state index is -2.74. The van der Waals surface area contributed by atoms with Crippen LogP contribution in [0.25, 0.3) is 0 Å². The van der Waals surface area contributed by atoms with Gasteiger partial charge in [-0.2, -0.15) is 4.39 Å². The maximum Gasteiger partial charge on any atom is 0.252 e. The van der Waals surface area contributed by atoms with Gasteiger partial charge in [-0.15, -0.1) is 0 Å². The number of carbonyl (C=O) groups is 1. The van der Waals surface area contributed by atoms with E-state index in [0.717, 1.165) is 0 Å². The number of hydrogen-bond acceptors (Lipinski definition) is 3. The average Bonchev–Trinajstić information content (AvgIpc) is 2.68. The first-order valence-corrected chi connectivity index (χ1v) is 9.24. The van der Waals surface area contributed by atoms with E-state index in [1.807, 2.05) is 0 Å². The van der Waals surface area contributed by atoms with Gasteiger partial charge in [0.2, 0.25) is 11.9 Å². The van der Waals surface area contributed by atoms with Gasteiger partial charge in [0.15, 0.2) is 0 Å². The second-order valence-electron chi connectivity index (χ2n) is 7.03. The SMILES string of the molecule is COc1ccc(Cl)c(C(=O)NCC2(c3ccc(F)nc3)CCC(F)(F)CC2)c1. The molecule has 1 aromatic heterocycles. The number of methoxy groups -OCH3 is 1. The highest BCUT2D eigenvalue weighted by atomic mass is 35.5. The van der Waals surface area contributed by atoms with Crippen molar-refractivity contribution in [2.45, 2.75) is 37.0 Å². The predicted molar refractivity (Wildman–Crippen MR) is 99.6 cm³/mol. The van der Waals surface area contributed by atoms with E-state index in [-0.39, 0.29) is 42.8 Å². The Morgan fingerprint density at radius 1 is 1.21 bits per heavy atom. The molecule has 1 saturated carbocycles. The summed E-state index contributed by atoms with van der Waals surface area (Å²) < 4.78 is 45.8. The Balaban J connectivity index is 1.82. The lowest BCUT2D eigenvalue weighted by molar-refractivity contribution is -0.0516. The summed E-state index contributed by atoms with van der Waals surface area (Å²) in [7, 11) is 1.48. The number of carbonyl (C=O) groups excluding carboxylic acids is 1. The van der Waals surface area contributed by atoms with Gasteiger partial charge in [-0.05, 0) is 42.7 Å². The zero-order valence-corrected chi connectivity index (χ0v) is 16.0. The van der Waals surface area contributed by atoms with Gasteiger partial charge in [-0.3, -0.25) is 4.79 Å². The molecule has 0 radical (unpaired) electrons. The van der Waals surface area contributed by atoms with E-state index in [1.54, 1.807) is 12.1 Å². The molecule has 1 N–H and O–H groups in total. The summed E-state index contributed by atoms with van der Waals surface area (Å²) in [6.45, 7) is 0.114. The van der Waals surface area contributed by atoms with E-state index < -0.39 is 23.2 Å². The van der Waals surface area contributed by atoms with E-state index in [9.17, 15) is 18.0 Å². The standard InChI is InChI=1S/C20H20ClF3N2O2/c1-28-14-3-4-16(21)15(10-14)18(27)26-12-19(6-8-20(23,24)9-7-19)13-2-5-17(22)25-11-13/h2-5,10-11H,6-9,12H2,1H3,(H,26,27). The quantitative estimate of drug-likeness (QED) is 0.720. The lowest BCUT2D eigenvalue weighted by Gasteiger charge is -2.40. The molecule has 0 saturated heterocycles. The molecule has 1 aliphatic rings. The minimum absolute atomic E-state index is 0.114. The maximum absolute atomic E-state index is 13.7. The smallest absolute Gasteiger partial charge is 0.252 e. The van der Waals surface area contributed by atoms with Crippen LogP contribution in [0.2, 0.25) is 5.02 Å². The van der Waals surface area contributed by atoms with Gasteiger partial charge in [-0.25, -0.2) is 13.8 Å². The Morgan fingerprint density at radius 2 is 1.93 bits per heavy atom. The molecule has 0 spiro atoms. The second-order valence-corrected chi connectivity index (χ2v) is 7.44. The van der Waals surface area contributed by atoms with Crippen molar-refractivity contribution in [3.63, 3.8) is 0 Å². The summed E-state index contributed by atoms with van der Waals surface area (Å²) in [5, 5.41) is 3.05. The first-order chi connectivity index (χ1) is 13.2. The fraction of sp³-hybridized carbons (Fsp3) is 0.400. The van der Waals surface area contributed by atoms with Crippen LogP contribution in [0.4, 0.5) is 13.2 Å². The summed E-state index contributed by atoms with van der Waals surface area (Å²) in [5.41, 5.74) is 0.111. The molecule has 150 valence electrons. The number of ether oxygens (including phenoxy) is 1. The van der Waals surface area contributed by atoms with E-state index in [4.69, 9.17) is 16.3 Å². The summed E-state index contributed by atoms with van der Waals surface area (Å²) in [6.07, 6.45) is 1.04. The molecule has 0 atom stereocenters. The Morgan fingerprint density at radius 3 is 2.54 bits per heavy atom. The van der Waals surface area contributed by atoms with Crippen LogP contribution >= 0.6 is 11.6 Å². The average molecular weight is 413 g/mol. The third-order valence-electron chi connectivity index (χ3n) is 5.28. The monoisotopic (exact) mass is 412 g/mol. The van der Waals surface area contributed by atoms with Gasteiger partial charge in [0, 0.05) is 31.0 Å². The number of benzene rings is 1. The van der Waals surface area contributed by atoms with Crippen molar-refractivity contribution < 1.29 is 22.7 Å². The number of halogens is 4. The van der Waals surface area contributed by atoms with Crippen molar-refractivity contribution in [2.75, 3.05) is 13.7 Å². The van der Waals surface area contributed by atoms with Crippen LogP contribution in [0.3, 0.4) is 0 Å². The van der Waals surface area contributed by atoms with Gasteiger partial charge < -0.3 is 10.1 Å². The molecular formula is C20H20ClF3N2O2. The highest BCUT2D eigenvalue weighted by molar-refractivity contribution is 6.33. The van der Waals surface area contributed by atoms with E-state index in [2.05, 4.69) is 10.3 Å². The van der Waals surface area contributed by atoms with Crippen molar-refractivity contribution in [3.8, 4) is 5.75 Å². The van der Waals surface area contributed by atoms with E-state index >= 15 is 0 Å². The van der Waals surface area contributed by atoms with E-state index in [0.29, 0.717) is 11.3 Å². The van der Waals surface area contributed by atoms with Crippen LogP contribution in [0, 0.1) is 5.95 Å². The molecule has 1 aliphatic carbocycles. The van der Waals surface area contributed by atoms with Gasteiger partial charge >= 0.3 is 0 Å². The van der Waals surface area contributed by atoms with Crippen LogP contribution in [-0.2, 0) is 5.41 Å². The van der Waals surface area contributed by atoms with E-state index in [1.165, 1.54) is 31.5 Å². The summed E-state index contributed by atoms with van der Waals surface area (Å²) in [4.78, 5) is 16.3. The Kier molecular flexibility index (Phi) is 5.84. The number of alkyl halides is 2.